The number of aliphatic hydroxyl groups is 1. The third kappa shape index (κ3) is 2.55. The number of anilines is 1. The molecule has 0 unspecified atom stereocenters. The SMILES string of the molecule is Cc1cnc(NC(=O)C2=C(O)C3=C(CCC=C3)S(=O)(=O)N2C)s1. The van der Waals surface area contributed by atoms with Gasteiger partial charge in [-0.3, -0.25) is 14.4 Å². The molecule has 9 heteroatoms. The number of carbonyl (C=O) groups is 1. The van der Waals surface area contributed by atoms with Crippen LogP contribution in [0.3, 0.4) is 0 Å². The van der Waals surface area contributed by atoms with Gasteiger partial charge in [0.05, 0.1) is 4.91 Å². The summed E-state index contributed by atoms with van der Waals surface area (Å²) in [7, 11) is -2.55. The second-order valence-electron chi connectivity index (χ2n) is 5.18. The molecule has 7 nitrogen and oxygen atoms in total. The predicted octanol–water partition coefficient (Wildman–Crippen LogP) is 2.04. The van der Waals surface area contributed by atoms with E-state index in [4.69, 9.17) is 0 Å². The predicted molar refractivity (Wildman–Crippen MR) is 87.2 cm³/mol. The summed E-state index contributed by atoms with van der Waals surface area (Å²) in [4.78, 5) is 17.5. The van der Waals surface area contributed by atoms with Gasteiger partial charge in [0.15, 0.2) is 16.6 Å². The van der Waals surface area contributed by atoms with Crippen molar-refractivity contribution in [2.24, 2.45) is 0 Å². The lowest BCUT2D eigenvalue weighted by molar-refractivity contribution is -0.113. The number of thiazole rings is 1. The summed E-state index contributed by atoms with van der Waals surface area (Å²) in [5, 5.41) is 13.3. The molecule has 0 aromatic carbocycles. The molecular formula is C14H15N3O4S2. The van der Waals surface area contributed by atoms with Gasteiger partial charge in [-0.15, -0.1) is 11.3 Å². The van der Waals surface area contributed by atoms with Crippen molar-refractivity contribution >= 4 is 32.4 Å². The van der Waals surface area contributed by atoms with Crippen LogP contribution in [0.15, 0.2) is 40.3 Å². The van der Waals surface area contributed by atoms with Gasteiger partial charge in [-0.1, -0.05) is 12.2 Å². The maximum Gasteiger partial charge on any atom is 0.278 e. The van der Waals surface area contributed by atoms with Crippen LogP contribution in [-0.2, 0) is 14.8 Å². The molecule has 1 amide bonds. The molecule has 0 radical (unpaired) electrons. The first-order valence-corrected chi connectivity index (χ1v) is 9.14. The summed E-state index contributed by atoms with van der Waals surface area (Å²) in [6, 6.07) is 0. The van der Waals surface area contributed by atoms with Gasteiger partial charge in [0, 0.05) is 23.7 Å². The number of hydrogen-bond acceptors (Lipinski definition) is 6. The highest BCUT2D eigenvalue weighted by Crippen LogP contribution is 2.37. The normalized spacial score (nSPS) is 19.8. The van der Waals surface area contributed by atoms with Crippen molar-refractivity contribution in [1.82, 2.24) is 9.29 Å². The number of amides is 1. The Morgan fingerprint density at radius 2 is 2.22 bits per heavy atom. The van der Waals surface area contributed by atoms with E-state index in [2.05, 4.69) is 10.3 Å². The number of carbonyl (C=O) groups excluding carboxylic acids is 1. The molecule has 0 spiro atoms. The number of allylic oxidation sites excluding steroid dienone is 3. The quantitative estimate of drug-likeness (QED) is 0.847. The van der Waals surface area contributed by atoms with Crippen molar-refractivity contribution in [3.05, 3.63) is 45.2 Å². The highest BCUT2D eigenvalue weighted by atomic mass is 32.2. The van der Waals surface area contributed by atoms with Crippen LogP contribution in [0.1, 0.15) is 17.7 Å². The Hall–Kier alpha value is -2.13. The molecule has 0 saturated heterocycles. The van der Waals surface area contributed by atoms with Gasteiger partial charge in [0.1, 0.15) is 0 Å². The van der Waals surface area contributed by atoms with Crippen molar-refractivity contribution < 1.29 is 18.3 Å². The zero-order valence-corrected chi connectivity index (χ0v) is 14.2. The fourth-order valence-corrected chi connectivity index (χ4v) is 4.72. The van der Waals surface area contributed by atoms with Gasteiger partial charge in [-0.05, 0) is 19.8 Å². The smallest absolute Gasteiger partial charge is 0.278 e. The van der Waals surface area contributed by atoms with Gasteiger partial charge in [0.2, 0.25) is 0 Å². The fourth-order valence-electron chi connectivity index (χ4n) is 2.50. The van der Waals surface area contributed by atoms with Crippen LogP contribution >= 0.6 is 11.3 Å². The molecule has 0 atom stereocenters. The Bertz CT molecular complexity index is 878. The Morgan fingerprint density at radius 1 is 1.48 bits per heavy atom. The van der Waals surface area contributed by atoms with Gasteiger partial charge < -0.3 is 5.11 Å². The molecule has 1 aliphatic carbocycles. The maximum atomic E-state index is 12.6. The van der Waals surface area contributed by atoms with Crippen LogP contribution in [0.5, 0.6) is 0 Å². The van der Waals surface area contributed by atoms with E-state index < -0.39 is 15.9 Å². The van der Waals surface area contributed by atoms with E-state index in [0.717, 1.165) is 9.18 Å². The first kappa shape index (κ1) is 15.8. The van der Waals surface area contributed by atoms with Gasteiger partial charge >= 0.3 is 0 Å². The summed E-state index contributed by atoms with van der Waals surface area (Å²) in [6.07, 6.45) is 5.80. The largest absolute Gasteiger partial charge is 0.505 e. The molecule has 1 aromatic heterocycles. The molecule has 0 fully saturated rings. The minimum absolute atomic E-state index is 0.140. The molecule has 2 aliphatic rings. The minimum Gasteiger partial charge on any atom is -0.505 e. The number of hydrogen-bond donors (Lipinski definition) is 2. The Labute approximate surface area is 137 Å². The van der Waals surface area contributed by atoms with E-state index in [1.165, 1.54) is 18.4 Å². The Balaban J connectivity index is 2.04. The summed E-state index contributed by atoms with van der Waals surface area (Å²) in [6.45, 7) is 1.84. The fraction of sp³-hybridized carbons (Fsp3) is 0.286. The Morgan fingerprint density at radius 3 is 2.87 bits per heavy atom. The second kappa shape index (κ2) is 5.50. The van der Waals surface area contributed by atoms with Gasteiger partial charge in [-0.25, -0.2) is 13.4 Å². The second-order valence-corrected chi connectivity index (χ2v) is 8.40. The first-order valence-electron chi connectivity index (χ1n) is 6.88. The van der Waals surface area contributed by atoms with Crippen LogP contribution in [0.2, 0.25) is 0 Å². The number of aryl methyl sites for hydroxylation is 1. The van der Waals surface area contributed by atoms with E-state index in [0.29, 0.717) is 18.0 Å². The molecule has 1 aromatic rings. The number of nitrogens with zero attached hydrogens (tertiary/aromatic N) is 2. The summed E-state index contributed by atoms with van der Waals surface area (Å²) in [5.41, 5.74) is -0.113. The molecule has 2 heterocycles. The average molecular weight is 353 g/mol. The van der Waals surface area contributed by atoms with Crippen molar-refractivity contribution in [2.45, 2.75) is 19.8 Å². The zero-order valence-electron chi connectivity index (χ0n) is 12.5. The van der Waals surface area contributed by atoms with Crippen LogP contribution < -0.4 is 5.32 Å². The van der Waals surface area contributed by atoms with Crippen molar-refractivity contribution in [2.75, 3.05) is 12.4 Å². The van der Waals surface area contributed by atoms with Crippen LogP contribution in [0, 0.1) is 6.92 Å². The molecule has 3 rings (SSSR count). The van der Waals surface area contributed by atoms with Gasteiger partial charge in [0.25, 0.3) is 15.9 Å². The summed E-state index contributed by atoms with van der Waals surface area (Å²) < 4.78 is 25.9. The molecular weight excluding hydrogens is 338 g/mol. The molecule has 2 N–H and O–H groups in total. The van der Waals surface area contributed by atoms with Crippen molar-refractivity contribution in [3.63, 3.8) is 0 Å². The van der Waals surface area contributed by atoms with Crippen LogP contribution in [0.4, 0.5) is 5.13 Å². The third-order valence-corrected chi connectivity index (χ3v) is 6.42. The zero-order chi connectivity index (χ0) is 16.8. The topological polar surface area (TPSA) is 99.6 Å². The van der Waals surface area contributed by atoms with E-state index in [-0.39, 0.29) is 21.9 Å². The van der Waals surface area contributed by atoms with Crippen LogP contribution in [-0.4, -0.2) is 35.8 Å². The lowest BCUT2D eigenvalue weighted by atomic mass is 10.0. The molecule has 23 heavy (non-hydrogen) atoms. The summed E-state index contributed by atoms with van der Waals surface area (Å²) in [5.74, 6) is -1.05. The standard InChI is InChI=1S/C14H15N3O4S2/c1-8-7-15-14(22-8)16-13(19)11-12(18)9-5-3-4-6-10(9)23(20,21)17(11)2/h3,5,7,18H,4,6H2,1-2H3,(H,15,16,19). The van der Waals surface area contributed by atoms with Gasteiger partial charge in [-0.2, -0.15) is 0 Å². The molecule has 122 valence electrons. The van der Waals surface area contributed by atoms with E-state index in [9.17, 15) is 18.3 Å². The number of sulfonamides is 1. The number of likely N-dealkylation sites (N-methyl/N-ethyl adjacent to an activating group) is 1. The molecule has 0 bridgehead atoms. The Kier molecular flexibility index (Phi) is 3.77. The van der Waals surface area contributed by atoms with E-state index in [1.54, 1.807) is 18.3 Å². The summed E-state index contributed by atoms with van der Waals surface area (Å²) >= 11 is 1.26. The highest BCUT2D eigenvalue weighted by molar-refractivity contribution is 7.93. The third-order valence-electron chi connectivity index (χ3n) is 3.65. The van der Waals surface area contributed by atoms with Crippen molar-refractivity contribution in [1.29, 1.82) is 0 Å². The van der Waals surface area contributed by atoms with Crippen molar-refractivity contribution in [3.8, 4) is 0 Å². The molecule has 1 aliphatic heterocycles. The lowest BCUT2D eigenvalue weighted by Crippen LogP contribution is -2.38. The maximum absolute atomic E-state index is 12.6. The lowest BCUT2D eigenvalue weighted by Gasteiger charge is -2.30. The number of rotatable bonds is 2. The number of aliphatic hydroxyl groups excluding tert-OH is 1. The van der Waals surface area contributed by atoms with Crippen LogP contribution in [0.25, 0.3) is 0 Å². The first-order chi connectivity index (χ1) is 10.8. The highest BCUT2D eigenvalue weighted by Gasteiger charge is 2.39. The molecule has 0 saturated carbocycles. The average Bonchev–Trinajstić information content (AvgIpc) is 2.91. The monoisotopic (exact) mass is 353 g/mol. The van der Waals surface area contributed by atoms with E-state index >= 15 is 0 Å². The minimum atomic E-state index is -3.81. The van der Waals surface area contributed by atoms with E-state index in [1.807, 2.05) is 6.92 Å². The number of nitrogens with one attached hydrogen (secondary N) is 1. The number of aromatic nitrogens is 1.